The Bertz CT molecular complexity index is 955. The molecular weight excluding hydrogens is 349 g/mol. The summed E-state index contributed by atoms with van der Waals surface area (Å²) in [4.78, 5) is 11.0. The largest absolute Gasteiger partial charge is 0.492 e. The number of fused-ring (bicyclic) bond motifs is 1. The summed E-state index contributed by atoms with van der Waals surface area (Å²) in [6, 6.07) is 10.0. The summed E-state index contributed by atoms with van der Waals surface area (Å²) in [6.07, 6.45) is 1.77. The fourth-order valence-corrected chi connectivity index (χ4v) is 2.75. The molecule has 0 aliphatic rings. The van der Waals surface area contributed by atoms with Gasteiger partial charge >= 0.3 is 0 Å². The van der Waals surface area contributed by atoms with E-state index in [9.17, 15) is 9.18 Å². The van der Waals surface area contributed by atoms with E-state index in [4.69, 9.17) is 9.47 Å². The van der Waals surface area contributed by atoms with Crippen molar-refractivity contribution in [1.82, 2.24) is 14.9 Å². The van der Waals surface area contributed by atoms with E-state index in [0.29, 0.717) is 29.4 Å². The lowest BCUT2D eigenvalue weighted by Gasteiger charge is -2.14. The van der Waals surface area contributed by atoms with Crippen LogP contribution < -0.4 is 14.8 Å². The molecule has 7 heteroatoms. The van der Waals surface area contributed by atoms with Gasteiger partial charge in [-0.15, -0.1) is 0 Å². The molecular formula is C20H22FN3O3. The van der Waals surface area contributed by atoms with Gasteiger partial charge in [0, 0.05) is 18.6 Å². The number of nitrogens with one attached hydrogen (secondary N) is 1. The van der Waals surface area contributed by atoms with Gasteiger partial charge in [-0.25, -0.2) is 8.91 Å². The van der Waals surface area contributed by atoms with Crippen LogP contribution in [0.4, 0.5) is 4.39 Å². The van der Waals surface area contributed by atoms with Crippen molar-refractivity contribution in [3.05, 3.63) is 48.4 Å². The second kappa shape index (κ2) is 8.07. The number of ether oxygens (including phenoxy) is 2. The molecule has 0 unspecified atom stereocenters. The summed E-state index contributed by atoms with van der Waals surface area (Å²) in [5, 5.41) is 7.14. The van der Waals surface area contributed by atoms with Crippen molar-refractivity contribution in [3.8, 4) is 22.8 Å². The molecule has 1 aromatic carbocycles. The third kappa shape index (κ3) is 4.55. The van der Waals surface area contributed by atoms with Crippen LogP contribution in [0.2, 0.25) is 0 Å². The number of halogens is 1. The predicted molar refractivity (Wildman–Crippen MR) is 101 cm³/mol. The quantitative estimate of drug-likeness (QED) is 0.691. The normalized spacial score (nSPS) is 12.0. The molecule has 1 atom stereocenters. The van der Waals surface area contributed by atoms with Crippen LogP contribution in [0.15, 0.2) is 42.6 Å². The number of rotatable bonds is 7. The number of carbonyl (C=O) groups excluding carboxylic acids is 1. The summed E-state index contributed by atoms with van der Waals surface area (Å²) < 4.78 is 27.2. The second-order valence-electron chi connectivity index (χ2n) is 6.25. The molecule has 0 radical (unpaired) electrons. The van der Waals surface area contributed by atoms with E-state index in [2.05, 4.69) is 10.4 Å². The number of amides is 1. The molecule has 0 aliphatic carbocycles. The average Bonchev–Trinajstić information content (AvgIpc) is 3.02. The monoisotopic (exact) mass is 371 g/mol. The maximum absolute atomic E-state index is 14.6. The highest BCUT2D eigenvalue weighted by molar-refractivity contribution is 5.73. The van der Waals surface area contributed by atoms with Crippen molar-refractivity contribution in [2.24, 2.45) is 0 Å². The Balaban J connectivity index is 1.77. The Morgan fingerprint density at radius 2 is 2.00 bits per heavy atom. The fourth-order valence-electron chi connectivity index (χ4n) is 2.75. The zero-order valence-electron chi connectivity index (χ0n) is 15.5. The summed E-state index contributed by atoms with van der Waals surface area (Å²) in [5.74, 6) is 0.549. The zero-order chi connectivity index (χ0) is 19.4. The first-order valence-electron chi connectivity index (χ1n) is 8.78. The van der Waals surface area contributed by atoms with Crippen LogP contribution in [0, 0.1) is 5.82 Å². The first-order valence-corrected chi connectivity index (χ1v) is 8.78. The van der Waals surface area contributed by atoms with Crippen LogP contribution in [0.1, 0.15) is 20.8 Å². The molecule has 3 rings (SSSR count). The number of aromatic nitrogens is 2. The van der Waals surface area contributed by atoms with Crippen LogP contribution in [0.3, 0.4) is 0 Å². The topological polar surface area (TPSA) is 64.9 Å². The first kappa shape index (κ1) is 18.7. The number of carbonyl (C=O) groups is 1. The van der Waals surface area contributed by atoms with Gasteiger partial charge in [-0.3, -0.25) is 4.79 Å². The van der Waals surface area contributed by atoms with Crippen molar-refractivity contribution in [2.45, 2.75) is 26.8 Å². The van der Waals surface area contributed by atoms with E-state index in [1.165, 1.54) is 13.0 Å². The van der Waals surface area contributed by atoms with Gasteiger partial charge in [-0.05, 0) is 44.2 Å². The highest BCUT2D eigenvalue weighted by Gasteiger charge is 2.12. The van der Waals surface area contributed by atoms with E-state index < -0.39 is 5.82 Å². The minimum Gasteiger partial charge on any atom is -0.492 e. The van der Waals surface area contributed by atoms with Gasteiger partial charge in [-0.1, -0.05) is 0 Å². The summed E-state index contributed by atoms with van der Waals surface area (Å²) in [5.41, 5.74) is 1.76. The SMILES string of the molecule is CCOc1ccc2cc(-c3ccc(OC[C@H](C)NC(C)=O)cc3F)nn2c1. The summed E-state index contributed by atoms with van der Waals surface area (Å²) >= 11 is 0. The van der Waals surface area contributed by atoms with Crippen LogP contribution in [0.5, 0.6) is 11.5 Å². The smallest absolute Gasteiger partial charge is 0.217 e. The fraction of sp³-hybridized carbons (Fsp3) is 0.300. The lowest BCUT2D eigenvalue weighted by Crippen LogP contribution is -2.35. The molecule has 0 bridgehead atoms. The van der Waals surface area contributed by atoms with E-state index in [-0.39, 0.29) is 18.6 Å². The molecule has 3 aromatic rings. The highest BCUT2D eigenvalue weighted by Crippen LogP contribution is 2.27. The van der Waals surface area contributed by atoms with Crippen LogP contribution >= 0.6 is 0 Å². The molecule has 2 heterocycles. The van der Waals surface area contributed by atoms with Gasteiger partial charge in [0.05, 0.1) is 30.1 Å². The molecule has 27 heavy (non-hydrogen) atoms. The third-order valence-corrected chi connectivity index (χ3v) is 3.91. The highest BCUT2D eigenvalue weighted by atomic mass is 19.1. The minimum atomic E-state index is -0.423. The maximum atomic E-state index is 14.6. The maximum Gasteiger partial charge on any atom is 0.217 e. The first-order chi connectivity index (χ1) is 13.0. The predicted octanol–water partition coefficient (Wildman–Crippen LogP) is 3.44. The van der Waals surface area contributed by atoms with E-state index in [1.54, 1.807) is 22.8 Å². The number of nitrogens with zero attached hydrogens (tertiary/aromatic N) is 2. The van der Waals surface area contributed by atoms with Crippen LogP contribution in [-0.4, -0.2) is 34.8 Å². The lowest BCUT2D eigenvalue weighted by atomic mass is 10.1. The van der Waals surface area contributed by atoms with Gasteiger partial charge in [0.2, 0.25) is 5.91 Å². The Hall–Kier alpha value is -3.09. The van der Waals surface area contributed by atoms with Gasteiger partial charge in [0.15, 0.2) is 0 Å². The minimum absolute atomic E-state index is 0.132. The van der Waals surface area contributed by atoms with Crippen LogP contribution in [0.25, 0.3) is 16.8 Å². The summed E-state index contributed by atoms with van der Waals surface area (Å²) in [7, 11) is 0. The lowest BCUT2D eigenvalue weighted by molar-refractivity contribution is -0.119. The van der Waals surface area contributed by atoms with Crippen molar-refractivity contribution in [1.29, 1.82) is 0 Å². The molecule has 1 amide bonds. The van der Waals surface area contributed by atoms with Gasteiger partial charge in [0.1, 0.15) is 23.9 Å². The van der Waals surface area contributed by atoms with E-state index >= 15 is 0 Å². The van der Waals surface area contributed by atoms with E-state index in [1.807, 2.05) is 32.0 Å². The Morgan fingerprint density at radius 1 is 1.22 bits per heavy atom. The second-order valence-corrected chi connectivity index (χ2v) is 6.25. The van der Waals surface area contributed by atoms with Gasteiger partial charge < -0.3 is 14.8 Å². The molecule has 2 aromatic heterocycles. The summed E-state index contributed by atoms with van der Waals surface area (Å²) in [6.45, 7) is 5.99. The zero-order valence-corrected chi connectivity index (χ0v) is 15.5. The van der Waals surface area contributed by atoms with Crippen LogP contribution in [-0.2, 0) is 4.79 Å². The average molecular weight is 371 g/mol. The standard InChI is InChI=1S/C20H22FN3O3/c1-4-26-17-6-5-15-9-20(23-24(15)11-17)18-8-7-16(10-19(18)21)27-12-13(2)22-14(3)25/h5-11,13H,4,12H2,1-3H3,(H,22,25)/t13-/m0/s1. The number of benzene rings is 1. The Morgan fingerprint density at radius 3 is 2.70 bits per heavy atom. The molecule has 0 spiro atoms. The van der Waals surface area contributed by atoms with Gasteiger partial charge in [0.25, 0.3) is 0 Å². The number of pyridine rings is 1. The van der Waals surface area contributed by atoms with Crippen molar-refractivity contribution >= 4 is 11.4 Å². The van der Waals surface area contributed by atoms with Crippen molar-refractivity contribution < 1.29 is 18.7 Å². The molecule has 0 aliphatic heterocycles. The molecule has 142 valence electrons. The van der Waals surface area contributed by atoms with Gasteiger partial charge in [-0.2, -0.15) is 5.10 Å². The molecule has 1 N–H and O–H groups in total. The molecule has 0 saturated carbocycles. The number of hydrogen-bond acceptors (Lipinski definition) is 4. The van der Waals surface area contributed by atoms with Crippen molar-refractivity contribution in [2.75, 3.05) is 13.2 Å². The molecule has 6 nitrogen and oxygen atoms in total. The third-order valence-electron chi connectivity index (χ3n) is 3.91. The Kier molecular flexibility index (Phi) is 5.59. The Labute approximate surface area is 156 Å². The molecule has 0 fully saturated rings. The molecule has 0 saturated heterocycles. The number of hydrogen-bond donors (Lipinski definition) is 1. The van der Waals surface area contributed by atoms with Crippen molar-refractivity contribution in [3.63, 3.8) is 0 Å². The van der Waals surface area contributed by atoms with E-state index in [0.717, 1.165) is 5.52 Å².